The number of likely N-dealkylation sites (N-methyl/N-ethyl adjacent to an activating group) is 1. The molecule has 1 aromatic carbocycles. The Morgan fingerprint density at radius 3 is 2.62 bits per heavy atom. The van der Waals surface area contributed by atoms with Crippen LogP contribution in [0.2, 0.25) is 0 Å². The van der Waals surface area contributed by atoms with E-state index in [2.05, 4.69) is 10.3 Å². The van der Waals surface area contributed by atoms with Gasteiger partial charge in [-0.3, -0.25) is 9.79 Å². The number of sulfone groups is 1. The van der Waals surface area contributed by atoms with Crippen LogP contribution in [0.1, 0.15) is 11.1 Å². The topological polar surface area (TPSA) is 78.8 Å². The molecule has 130 valence electrons. The van der Waals surface area contributed by atoms with Crippen LogP contribution >= 0.6 is 11.8 Å². The predicted molar refractivity (Wildman–Crippen MR) is 98.4 cm³/mol. The monoisotopic (exact) mass is 367 g/mol. The van der Waals surface area contributed by atoms with E-state index in [1.54, 1.807) is 0 Å². The number of amidine groups is 1. The van der Waals surface area contributed by atoms with Gasteiger partial charge in [0.25, 0.3) is 0 Å². The average Bonchev–Trinajstić information content (AvgIpc) is 2.94. The Balaban J connectivity index is 1.60. The van der Waals surface area contributed by atoms with Gasteiger partial charge in [-0.2, -0.15) is 0 Å². The standard InChI is InChI=1S/C16H21N3O3S2/c1-10-5-4-6-11(2)15(10)18-14(20)7-23-16-17-12-8-24(21,22)9-13(12)19(16)3/h4-6,12-13H,7-9H2,1-3H3,(H,18,20)/t12-,13-/m1/s1. The highest BCUT2D eigenvalue weighted by Crippen LogP contribution is 2.29. The number of fused-ring (bicyclic) bond motifs is 1. The van der Waals surface area contributed by atoms with E-state index >= 15 is 0 Å². The second-order valence-corrected chi connectivity index (χ2v) is 9.43. The summed E-state index contributed by atoms with van der Waals surface area (Å²) in [5.74, 6) is 0.429. The lowest BCUT2D eigenvalue weighted by atomic mass is 10.1. The number of benzene rings is 1. The van der Waals surface area contributed by atoms with Crippen LogP contribution in [-0.2, 0) is 14.6 Å². The van der Waals surface area contributed by atoms with Crippen LogP contribution in [-0.4, -0.2) is 60.8 Å². The third-order valence-electron chi connectivity index (χ3n) is 4.45. The smallest absolute Gasteiger partial charge is 0.234 e. The number of hydrogen-bond donors (Lipinski definition) is 1. The summed E-state index contributed by atoms with van der Waals surface area (Å²) in [6.07, 6.45) is 0. The lowest BCUT2D eigenvalue weighted by Crippen LogP contribution is -2.35. The molecule has 0 aliphatic carbocycles. The zero-order valence-corrected chi connectivity index (χ0v) is 15.6. The molecule has 0 bridgehead atoms. The molecular weight excluding hydrogens is 346 g/mol. The van der Waals surface area contributed by atoms with Crippen molar-refractivity contribution in [2.45, 2.75) is 25.9 Å². The summed E-state index contributed by atoms with van der Waals surface area (Å²) in [6, 6.07) is 5.62. The number of anilines is 1. The molecule has 0 radical (unpaired) electrons. The van der Waals surface area contributed by atoms with Crippen molar-refractivity contribution in [3.05, 3.63) is 29.3 Å². The van der Waals surface area contributed by atoms with Gasteiger partial charge < -0.3 is 10.2 Å². The van der Waals surface area contributed by atoms with E-state index < -0.39 is 9.84 Å². The van der Waals surface area contributed by atoms with Crippen molar-refractivity contribution in [3.63, 3.8) is 0 Å². The van der Waals surface area contributed by atoms with Crippen molar-refractivity contribution in [1.82, 2.24) is 4.90 Å². The molecule has 3 rings (SSSR count). The first-order valence-electron chi connectivity index (χ1n) is 7.77. The van der Waals surface area contributed by atoms with Crippen LogP contribution in [0.3, 0.4) is 0 Å². The number of para-hydroxylation sites is 1. The third kappa shape index (κ3) is 3.44. The molecule has 1 saturated heterocycles. The Labute approximate surface area is 146 Å². The molecule has 1 amide bonds. The van der Waals surface area contributed by atoms with Gasteiger partial charge in [-0.25, -0.2) is 8.42 Å². The molecule has 2 aliphatic rings. The van der Waals surface area contributed by atoms with Crippen molar-refractivity contribution in [2.75, 3.05) is 29.6 Å². The number of hydrogen-bond acceptors (Lipinski definition) is 6. The summed E-state index contributed by atoms with van der Waals surface area (Å²) < 4.78 is 23.3. The van der Waals surface area contributed by atoms with E-state index in [9.17, 15) is 13.2 Å². The fraction of sp³-hybridized carbons (Fsp3) is 0.500. The first-order chi connectivity index (χ1) is 11.3. The second kappa shape index (κ2) is 6.40. The highest BCUT2D eigenvalue weighted by atomic mass is 32.2. The molecule has 2 heterocycles. The minimum atomic E-state index is -2.98. The first kappa shape index (κ1) is 17.3. The lowest BCUT2D eigenvalue weighted by Gasteiger charge is -2.20. The lowest BCUT2D eigenvalue weighted by molar-refractivity contribution is -0.113. The van der Waals surface area contributed by atoms with Gasteiger partial charge in [-0.05, 0) is 25.0 Å². The van der Waals surface area contributed by atoms with Crippen LogP contribution in [0.4, 0.5) is 5.69 Å². The molecule has 0 spiro atoms. The zero-order valence-electron chi connectivity index (χ0n) is 13.9. The largest absolute Gasteiger partial charge is 0.348 e. The number of nitrogens with zero attached hydrogens (tertiary/aromatic N) is 2. The van der Waals surface area contributed by atoms with Crippen LogP contribution < -0.4 is 5.32 Å². The Morgan fingerprint density at radius 2 is 2.00 bits per heavy atom. The van der Waals surface area contributed by atoms with Gasteiger partial charge in [0.15, 0.2) is 15.0 Å². The fourth-order valence-corrected chi connectivity index (χ4v) is 5.94. The van der Waals surface area contributed by atoms with Gasteiger partial charge in [0.2, 0.25) is 5.91 Å². The summed E-state index contributed by atoms with van der Waals surface area (Å²) in [7, 11) is -1.13. The molecule has 0 aromatic heterocycles. The summed E-state index contributed by atoms with van der Waals surface area (Å²) in [5, 5.41) is 3.70. The van der Waals surface area contributed by atoms with Crippen molar-refractivity contribution in [2.24, 2.45) is 4.99 Å². The summed E-state index contributed by atoms with van der Waals surface area (Å²) in [5.41, 5.74) is 2.92. The summed E-state index contributed by atoms with van der Waals surface area (Å²) in [4.78, 5) is 18.6. The van der Waals surface area contributed by atoms with Gasteiger partial charge in [0, 0.05) is 12.7 Å². The predicted octanol–water partition coefficient (Wildman–Crippen LogP) is 1.44. The van der Waals surface area contributed by atoms with E-state index in [0.717, 1.165) is 22.0 Å². The Morgan fingerprint density at radius 1 is 1.33 bits per heavy atom. The van der Waals surface area contributed by atoms with Crippen molar-refractivity contribution in [3.8, 4) is 0 Å². The molecule has 1 fully saturated rings. The minimum Gasteiger partial charge on any atom is -0.348 e. The second-order valence-electron chi connectivity index (χ2n) is 6.34. The van der Waals surface area contributed by atoms with E-state index in [1.165, 1.54) is 11.8 Å². The number of carbonyl (C=O) groups is 1. The van der Waals surface area contributed by atoms with Crippen LogP contribution in [0, 0.1) is 13.8 Å². The van der Waals surface area contributed by atoms with Gasteiger partial charge in [-0.15, -0.1) is 0 Å². The molecule has 1 N–H and O–H groups in total. The van der Waals surface area contributed by atoms with Gasteiger partial charge in [0.05, 0.1) is 29.3 Å². The summed E-state index contributed by atoms with van der Waals surface area (Å²) >= 11 is 1.36. The molecule has 0 unspecified atom stereocenters. The average molecular weight is 367 g/mol. The van der Waals surface area contributed by atoms with Gasteiger partial charge in [0.1, 0.15) is 0 Å². The maximum atomic E-state index is 12.2. The molecule has 0 saturated carbocycles. The maximum absolute atomic E-state index is 12.2. The van der Waals surface area contributed by atoms with E-state index in [-0.39, 0.29) is 35.2 Å². The number of nitrogens with one attached hydrogen (secondary N) is 1. The first-order valence-corrected chi connectivity index (χ1v) is 10.6. The number of thioether (sulfide) groups is 1. The number of aryl methyl sites for hydroxylation is 2. The fourth-order valence-electron chi connectivity index (χ4n) is 3.13. The maximum Gasteiger partial charge on any atom is 0.234 e. The molecule has 6 nitrogen and oxygen atoms in total. The van der Waals surface area contributed by atoms with Gasteiger partial charge in [-0.1, -0.05) is 30.0 Å². The Kier molecular flexibility index (Phi) is 4.61. The number of amides is 1. The Bertz CT molecular complexity index is 785. The SMILES string of the molecule is Cc1cccc(C)c1NC(=O)CSC1=N[C@@H]2CS(=O)(=O)C[C@H]2N1C. The molecule has 2 atom stereocenters. The normalized spacial score (nSPS) is 24.6. The van der Waals surface area contributed by atoms with Crippen LogP contribution in [0.5, 0.6) is 0 Å². The van der Waals surface area contributed by atoms with E-state index in [4.69, 9.17) is 0 Å². The molecule has 2 aliphatic heterocycles. The van der Waals surface area contributed by atoms with Crippen molar-refractivity contribution in [1.29, 1.82) is 0 Å². The highest BCUT2D eigenvalue weighted by Gasteiger charge is 2.45. The highest BCUT2D eigenvalue weighted by molar-refractivity contribution is 8.14. The summed E-state index contributed by atoms with van der Waals surface area (Å²) in [6.45, 7) is 3.93. The minimum absolute atomic E-state index is 0.0841. The number of carbonyl (C=O) groups excluding carboxylic acids is 1. The number of rotatable bonds is 3. The Hall–Kier alpha value is -1.54. The van der Waals surface area contributed by atoms with E-state index in [1.807, 2.05) is 44.0 Å². The van der Waals surface area contributed by atoms with E-state index in [0.29, 0.717) is 0 Å². The van der Waals surface area contributed by atoms with Crippen molar-refractivity contribution >= 4 is 38.4 Å². The zero-order chi connectivity index (χ0) is 17.5. The van der Waals surface area contributed by atoms with Crippen LogP contribution in [0.15, 0.2) is 23.2 Å². The molecular formula is C16H21N3O3S2. The molecule has 8 heteroatoms. The van der Waals surface area contributed by atoms with Crippen LogP contribution in [0.25, 0.3) is 0 Å². The third-order valence-corrected chi connectivity index (χ3v) is 7.20. The van der Waals surface area contributed by atoms with Crippen molar-refractivity contribution < 1.29 is 13.2 Å². The molecule has 24 heavy (non-hydrogen) atoms. The molecule has 1 aromatic rings. The number of aliphatic imine (C=N–C) groups is 1. The quantitative estimate of drug-likeness (QED) is 0.875. The van der Waals surface area contributed by atoms with Gasteiger partial charge >= 0.3 is 0 Å².